The van der Waals surface area contributed by atoms with Gasteiger partial charge in [-0.3, -0.25) is 9.89 Å². The van der Waals surface area contributed by atoms with Crippen molar-refractivity contribution in [1.82, 2.24) is 19.7 Å². The zero-order chi connectivity index (χ0) is 24.0. The van der Waals surface area contributed by atoms with Crippen molar-refractivity contribution in [3.8, 4) is 17.0 Å². The summed E-state index contributed by atoms with van der Waals surface area (Å²) in [7, 11) is 3.71. The third kappa shape index (κ3) is 3.59. The topological polar surface area (TPSA) is 63.1 Å². The molecule has 1 aliphatic heterocycles. The second-order valence-corrected chi connectivity index (χ2v) is 9.89. The van der Waals surface area contributed by atoms with Gasteiger partial charge in [-0.05, 0) is 29.3 Å². The summed E-state index contributed by atoms with van der Waals surface area (Å²) in [6.07, 6.45) is 2.04. The Bertz CT molecular complexity index is 1340. The summed E-state index contributed by atoms with van der Waals surface area (Å²) in [6.45, 7) is 6.86. The molecule has 4 aromatic rings. The van der Waals surface area contributed by atoms with Crippen molar-refractivity contribution < 1.29 is 9.53 Å². The number of ether oxygens (including phenoxy) is 1. The first-order valence-corrected chi connectivity index (χ1v) is 11.5. The van der Waals surface area contributed by atoms with Crippen LogP contribution in [0.15, 0.2) is 66.9 Å². The van der Waals surface area contributed by atoms with Crippen LogP contribution in [0.2, 0.25) is 0 Å². The molecule has 5 rings (SSSR count). The molecule has 1 amide bonds. The van der Waals surface area contributed by atoms with Crippen molar-refractivity contribution in [3.05, 3.63) is 94.9 Å². The lowest BCUT2D eigenvalue weighted by Gasteiger charge is -2.29. The Morgan fingerprint density at radius 1 is 1.03 bits per heavy atom. The molecule has 0 saturated carbocycles. The van der Waals surface area contributed by atoms with Crippen LogP contribution < -0.4 is 4.74 Å². The summed E-state index contributed by atoms with van der Waals surface area (Å²) in [5, 5.41) is 7.61. The third-order valence-electron chi connectivity index (χ3n) is 6.55. The van der Waals surface area contributed by atoms with Gasteiger partial charge in [0.2, 0.25) is 0 Å². The van der Waals surface area contributed by atoms with Gasteiger partial charge in [0.25, 0.3) is 5.91 Å². The van der Waals surface area contributed by atoms with Gasteiger partial charge in [0.15, 0.2) is 0 Å². The summed E-state index contributed by atoms with van der Waals surface area (Å²) < 4.78 is 7.81. The van der Waals surface area contributed by atoms with Gasteiger partial charge in [0, 0.05) is 42.0 Å². The first kappa shape index (κ1) is 22.0. The Hall–Kier alpha value is -3.80. The molecule has 1 atom stereocenters. The van der Waals surface area contributed by atoms with E-state index in [-0.39, 0.29) is 17.4 Å². The van der Waals surface area contributed by atoms with Gasteiger partial charge in [-0.15, -0.1) is 0 Å². The van der Waals surface area contributed by atoms with E-state index in [1.165, 1.54) is 0 Å². The summed E-state index contributed by atoms with van der Waals surface area (Å²) in [5.41, 5.74) is 6.56. The lowest BCUT2D eigenvalue weighted by atomic mass is 9.85. The number of aromatic nitrogens is 3. The van der Waals surface area contributed by atoms with Gasteiger partial charge in [0.1, 0.15) is 11.4 Å². The predicted molar refractivity (Wildman–Crippen MR) is 133 cm³/mol. The molecule has 2 aromatic heterocycles. The number of nitrogens with zero attached hydrogens (tertiary/aromatic N) is 3. The van der Waals surface area contributed by atoms with Crippen LogP contribution in [0.3, 0.4) is 0 Å². The average Bonchev–Trinajstić information content (AvgIpc) is 3.51. The normalized spacial score (nSPS) is 15.6. The molecule has 0 bridgehead atoms. The zero-order valence-corrected chi connectivity index (χ0v) is 20.3. The van der Waals surface area contributed by atoms with Gasteiger partial charge in [-0.1, -0.05) is 63.2 Å². The molecule has 1 aliphatic rings. The molecule has 1 N–H and O–H groups in total. The summed E-state index contributed by atoms with van der Waals surface area (Å²) >= 11 is 0. The van der Waals surface area contributed by atoms with Crippen LogP contribution in [-0.2, 0) is 19.0 Å². The number of carbonyl (C=O) groups is 1. The number of hydrogen-bond donors (Lipinski definition) is 1. The number of hydrogen-bond acceptors (Lipinski definition) is 3. The smallest absolute Gasteiger partial charge is 0.273 e. The van der Waals surface area contributed by atoms with E-state index in [0.29, 0.717) is 12.2 Å². The highest BCUT2D eigenvalue weighted by Gasteiger charge is 2.44. The monoisotopic (exact) mass is 454 g/mol. The summed E-state index contributed by atoms with van der Waals surface area (Å²) in [6, 6.07) is 20.2. The maximum absolute atomic E-state index is 13.6. The minimum absolute atomic E-state index is 0.0413. The number of aromatic amines is 1. The first-order valence-electron chi connectivity index (χ1n) is 11.5. The number of aryl methyl sites for hydroxylation is 1. The first-order chi connectivity index (χ1) is 16.3. The number of methoxy groups -OCH3 is 1. The highest BCUT2D eigenvalue weighted by atomic mass is 16.5. The molecule has 0 radical (unpaired) electrons. The van der Waals surface area contributed by atoms with Crippen LogP contribution in [0.25, 0.3) is 11.3 Å². The van der Waals surface area contributed by atoms with E-state index < -0.39 is 0 Å². The highest BCUT2D eigenvalue weighted by Crippen LogP contribution is 2.45. The third-order valence-corrected chi connectivity index (χ3v) is 6.55. The Labute approximate surface area is 200 Å². The van der Waals surface area contributed by atoms with Gasteiger partial charge in [-0.25, -0.2) is 0 Å². The molecule has 3 heterocycles. The van der Waals surface area contributed by atoms with Gasteiger partial charge in [0.05, 0.1) is 18.8 Å². The lowest BCUT2D eigenvalue weighted by Crippen LogP contribution is -2.30. The lowest BCUT2D eigenvalue weighted by molar-refractivity contribution is 0.0727. The molecule has 1 unspecified atom stereocenters. The molecule has 2 aromatic carbocycles. The average molecular weight is 455 g/mol. The molecule has 34 heavy (non-hydrogen) atoms. The summed E-state index contributed by atoms with van der Waals surface area (Å²) in [5.74, 6) is 0.721. The maximum Gasteiger partial charge on any atom is 0.273 e. The van der Waals surface area contributed by atoms with E-state index in [9.17, 15) is 4.79 Å². The van der Waals surface area contributed by atoms with Crippen LogP contribution in [-0.4, -0.2) is 32.7 Å². The number of H-pyrrole nitrogens is 1. The fourth-order valence-electron chi connectivity index (χ4n) is 4.89. The second kappa shape index (κ2) is 8.20. The van der Waals surface area contributed by atoms with Crippen molar-refractivity contribution in [2.24, 2.45) is 7.05 Å². The molecule has 0 fully saturated rings. The van der Waals surface area contributed by atoms with E-state index >= 15 is 0 Å². The van der Waals surface area contributed by atoms with E-state index in [1.807, 2.05) is 48.5 Å². The van der Waals surface area contributed by atoms with Crippen LogP contribution in [0.1, 0.15) is 59.7 Å². The fourth-order valence-corrected chi connectivity index (χ4v) is 4.89. The van der Waals surface area contributed by atoms with Crippen LogP contribution >= 0.6 is 0 Å². The van der Waals surface area contributed by atoms with Crippen molar-refractivity contribution in [3.63, 3.8) is 0 Å². The van der Waals surface area contributed by atoms with Crippen molar-refractivity contribution in [1.29, 1.82) is 0 Å². The fraction of sp³-hybridized carbons (Fsp3) is 0.286. The number of carbonyl (C=O) groups excluding carboxylic acids is 1. The second-order valence-electron chi connectivity index (χ2n) is 9.89. The molecule has 6 heteroatoms. The van der Waals surface area contributed by atoms with Gasteiger partial charge >= 0.3 is 0 Å². The molecular formula is C28H30N4O2. The number of fused-ring (bicyclic) bond motifs is 1. The van der Waals surface area contributed by atoms with Crippen molar-refractivity contribution in [2.45, 2.75) is 38.8 Å². The van der Waals surface area contributed by atoms with E-state index in [4.69, 9.17) is 4.74 Å². The Kier molecular flexibility index (Phi) is 5.31. The quantitative estimate of drug-likeness (QED) is 0.435. The van der Waals surface area contributed by atoms with E-state index in [0.717, 1.165) is 39.4 Å². The minimum Gasteiger partial charge on any atom is -0.496 e. The standard InChI is InChI=1S/C28H30N4O2/c1-28(2,3)26-23-24(29-30-26)27(33)32(25(23)20-9-6-7-11-22(20)34-5)17-18-12-14-19(15-13-18)21-10-8-16-31(21)4/h6-16,25H,17H2,1-5H3,(H,29,30). The van der Waals surface area contributed by atoms with Crippen LogP contribution in [0.4, 0.5) is 0 Å². The molecular weight excluding hydrogens is 424 g/mol. The number of amides is 1. The molecule has 0 spiro atoms. The van der Waals surface area contributed by atoms with Gasteiger partial charge < -0.3 is 14.2 Å². The van der Waals surface area contributed by atoms with Crippen molar-refractivity contribution in [2.75, 3.05) is 7.11 Å². The minimum atomic E-state index is -0.279. The van der Waals surface area contributed by atoms with Gasteiger partial charge in [-0.2, -0.15) is 5.10 Å². The Morgan fingerprint density at radius 2 is 1.76 bits per heavy atom. The molecule has 0 aliphatic carbocycles. The Balaban J connectivity index is 1.56. The molecule has 6 nitrogen and oxygen atoms in total. The Morgan fingerprint density at radius 3 is 2.41 bits per heavy atom. The van der Waals surface area contributed by atoms with E-state index in [1.54, 1.807) is 7.11 Å². The number of nitrogens with one attached hydrogen (secondary N) is 1. The van der Waals surface area contributed by atoms with Crippen molar-refractivity contribution >= 4 is 5.91 Å². The molecule has 174 valence electrons. The number of para-hydroxylation sites is 1. The SMILES string of the molecule is COc1ccccc1C1c2c(C(C)(C)C)n[nH]c2C(=O)N1Cc1ccc(-c2cccn2C)cc1. The zero-order valence-electron chi connectivity index (χ0n) is 20.3. The largest absolute Gasteiger partial charge is 0.496 e. The molecule has 0 saturated heterocycles. The predicted octanol–water partition coefficient (Wildman–Crippen LogP) is 5.47. The highest BCUT2D eigenvalue weighted by molar-refractivity contribution is 5.98. The van der Waals surface area contributed by atoms with Crippen LogP contribution in [0.5, 0.6) is 5.75 Å². The maximum atomic E-state index is 13.6. The summed E-state index contributed by atoms with van der Waals surface area (Å²) in [4.78, 5) is 15.6. The van der Waals surface area contributed by atoms with E-state index in [2.05, 4.69) is 65.9 Å². The number of rotatable bonds is 5. The number of benzene rings is 2. The van der Waals surface area contributed by atoms with Crippen LogP contribution in [0, 0.1) is 0 Å².